The molecule has 0 saturated heterocycles. The minimum atomic E-state index is -0.455. The molecule has 0 saturated carbocycles. The summed E-state index contributed by atoms with van der Waals surface area (Å²) in [4.78, 5) is 22.6. The molecule has 0 fully saturated rings. The summed E-state index contributed by atoms with van der Waals surface area (Å²) in [7, 11) is 0. The third-order valence-electron chi connectivity index (χ3n) is 1.94. The third kappa shape index (κ3) is 7.30. The number of hydrogen-bond acceptors (Lipinski definition) is 3. The second kappa shape index (κ2) is 7.62. The molecule has 0 radical (unpaired) electrons. The van der Waals surface area contributed by atoms with Crippen molar-refractivity contribution < 1.29 is 9.59 Å². The highest BCUT2D eigenvalue weighted by Crippen LogP contribution is 1.91. The average Bonchev–Trinajstić information content (AvgIpc) is 2.25. The van der Waals surface area contributed by atoms with Crippen LogP contribution in [0, 0.1) is 0 Å². The molecule has 0 aromatic heterocycles. The maximum absolute atomic E-state index is 11.6. The zero-order chi connectivity index (χ0) is 13.4. The Morgan fingerprint density at radius 1 is 1.24 bits per heavy atom. The van der Waals surface area contributed by atoms with Crippen LogP contribution in [0.15, 0.2) is 24.8 Å². The first-order valence-corrected chi connectivity index (χ1v) is 5.51. The lowest BCUT2D eigenvalue weighted by Crippen LogP contribution is -2.46. The van der Waals surface area contributed by atoms with Gasteiger partial charge in [0.05, 0.1) is 6.17 Å². The average molecular weight is 239 g/mol. The van der Waals surface area contributed by atoms with Gasteiger partial charge < -0.3 is 16.0 Å². The third-order valence-corrected chi connectivity index (χ3v) is 1.94. The first-order chi connectivity index (χ1) is 7.86. The molecule has 0 spiro atoms. The van der Waals surface area contributed by atoms with Crippen molar-refractivity contribution in [1.29, 1.82) is 0 Å². The van der Waals surface area contributed by atoms with E-state index in [4.69, 9.17) is 0 Å². The molecule has 2 amide bonds. The molecule has 0 aliphatic heterocycles. The second-order valence-corrected chi connectivity index (χ2v) is 4.05. The summed E-state index contributed by atoms with van der Waals surface area (Å²) in [6, 6.07) is 0.289. The number of rotatable bonds is 7. The van der Waals surface area contributed by atoms with Crippen molar-refractivity contribution >= 4 is 11.8 Å². The van der Waals surface area contributed by atoms with Gasteiger partial charge in [0, 0.05) is 18.2 Å². The van der Waals surface area contributed by atoms with E-state index in [1.807, 2.05) is 13.8 Å². The molecule has 17 heavy (non-hydrogen) atoms. The number of carbonyl (C=O) groups excluding carboxylic acids is 2. The van der Waals surface area contributed by atoms with Crippen LogP contribution in [0.5, 0.6) is 0 Å². The van der Waals surface area contributed by atoms with Gasteiger partial charge in [0.2, 0.25) is 11.8 Å². The van der Waals surface area contributed by atoms with E-state index >= 15 is 0 Å². The molecule has 1 atom stereocenters. The highest BCUT2D eigenvalue weighted by atomic mass is 16.2. The summed E-state index contributed by atoms with van der Waals surface area (Å²) < 4.78 is 0. The van der Waals surface area contributed by atoms with Crippen LogP contribution in [-0.2, 0) is 9.59 Å². The molecule has 0 aromatic carbocycles. The van der Waals surface area contributed by atoms with Gasteiger partial charge in [0.1, 0.15) is 0 Å². The summed E-state index contributed by atoms with van der Waals surface area (Å²) in [5, 5.41) is 8.23. The van der Waals surface area contributed by atoms with Crippen molar-refractivity contribution in [2.75, 3.05) is 6.54 Å². The Bertz CT molecular complexity index is 311. The summed E-state index contributed by atoms with van der Waals surface area (Å²) in [6.45, 7) is 13.1. The Balaban J connectivity index is 4.03. The number of amides is 2. The lowest BCUT2D eigenvalue weighted by molar-refractivity contribution is -0.119. The fourth-order valence-electron chi connectivity index (χ4n) is 1.01. The highest BCUT2D eigenvalue weighted by molar-refractivity contribution is 5.94. The molecule has 0 aromatic rings. The summed E-state index contributed by atoms with van der Waals surface area (Å²) in [5.41, 5.74) is 0.429. The van der Waals surface area contributed by atoms with Crippen molar-refractivity contribution in [2.45, 2.75) is 33.0 Å². The van der Waals surface area contributed by atoms with Crippen molar-refractivity contribution in [1.82, 2.24) is 16.0 Å². The largest absolute Gasteiger partial charge is 0.333 e. The minimum Gasteiger partial charge on any atom is -0.333 e. The van der Waals surface area contributed by atoms with Gasteiger partial charge in [0.25, 0.3) is 0 Å². The minimum absolute atomic E-state index is 0.282. The molecule has 3 N–H and O–H groups in total. The van der Waals surface area contributed by atoms with Crippen molar-refractivity contribution in [3.8, 4) is 0 Å². The van der Waals surface area contributed by atoms with E-state index in [-0.39, 0.29) is 17.9 Å². The van der Waals surface area contributed by atoms with Crippen LogP contribution in [0.25, 0.3) is 0 Å². The summed E-state index contributed by atoms with van der Waals surface area (Å²) in [6.07, 6.45) is 0.696. The van der Waals surface area contributed by atoms with Crippen molar-refractivity contribution in [3.63, 3.8) is 0 Å². The molecule has 5 nitrogen and oxygen atoms in total. The van der Waals surface area contributed by atoms with Crippen LogP contribution in [0.3, 0.4) is 0 Å². The van der Waals surface area contributed by atoms with E-state index in [1.54, 1.807) is 6.92 Å². The predicted molar refractivity (Wildman–Crippen MR) is 68.2 cm³/mol. The van der Waals surface area contributed by atoms with Crippen molar-refractivity contribution in [2.24, 2.45) is 0 Å². The Morgan fingerprint density at radius 3 is 2.29 bits per heavy atom. The first-order valence-electron chi connectivity index (χ1n) is 5.51. The van der Waals surface area contributed by atoms with E-state index in [0.717, 1.165) is 6.08 Å². The summed E-state index contributed by atoms with van der Waals surface area (Å²) in [5.74, 6) is -0.612. The van der Waals surface area contributed by atoms with Gasteiger partial charge in [-0.25, -0.2) is 0 Å². The van der Waals surface area contributed by atoms with E-state index < -0.39 is 6.17 Å². The van der Waals surface area contributed by atoms with E-state index in [1.165, 1.54) is 0 Å². The monoisotopic (exact) mass is 239 g/mol. The standard InChI is InChI=1S/C12H21N3O2/c1-6-11(16)14-10(5)15-12(17)9(4)7-13-8(2)3/h6,8,10,13H,1,4,7H2,2-3,5H3,(H,14,16)(H,15,17). The maximum Gasteiger partial charge on any atom is 0.249 e. The molecule has 1 unspecified atom stereocenters. The molecule has 0 rings (SSSR count). The van der Waals surface area contributed by atoms with Crippen LogP contribution >= 0.6 is 0 Å². The molecule has 0 aliphatic carbocycles. The van der Waals surface area contributed by atoms with Gasteiger partial charge in [-0.1, -0.05) is 27.0 Å². The zero-order valence-corrected chi connectivity index (χ0v) is 10.7. The van der Waals surface area contributed by atoms with Crippen LogP contribution in [-0.4, -0.2) is 30.6 Å². The molecular formula is C12H21N3O2. The van der Waals surface area contributed by atoms with Crippen LogP contribution in [0.2, 0.25) is 0 Å². The van der Waals surface area contributed by atoms with Crippen LogP contribution in [0.4, 0.5) is 0 Å². The van der Waals surface area contributed by atoms with E-state index in [9.17, 15) is 9.59 Å². The number of nitrogens with one attached hydrogen (secondary N) is 3. The highest BCUT2D eigenvalue weighted by Gasteiger charge is 2.11. The normalized spacial score (nSPS) is 11.8. The molecular weight excluding hydrogens is 218 g/mol. The van der Waals surface area contributed by atoms with Gasteiger partial charge >= 0.3 is 0 Å². The molecule has 96 valence electrons. The molecule has 0 aliphatic rings. The Kier molecular flexibility index (Phi) is 6.89. The predicted octanol–water partition coefficient (Wildman–Crippen LogP) is 0.305. The Morgan fingerprint density at radius 2 is 1.82 bits per heavy atom. The van der Waals surface area contributed by atoms with E-state index in [2.05, 4.69) is 29.1 Å². The van der Waals surface area contributed by atoms with Crippen molar-refractivity contribution in [3.05, 3.63) is 24.8 Å². The quantitative estimate of drug-likeness (QED) is 0.442. The zero-order valence-electron chi connectivity index (χ0n) is 10.7. The van der Waals surface area contributed by atoms with E-state index in [0.29, 0.717) is 12.1 Å². The fraction of sp³-hybridized carbons (Fsp3) is 0.500. The van der Waals surface area contributed by atoms with Gasteiger partial charge in [-0.05, 0) is 13.0 Å². The van der Waals surface area contributed by atoms with Gasteiger partial charge in [-0.3, -0.25) is 9.59 Å². The molecule has 0 heterocycles. The lowest BCUT2D eigenvalue weighted by atomic mass is 10.2. The van der Waals surface area contributed by atoms with Gasteiger partial charge in [-0.15, -0.1) is 0 Å². The molecule has 0 bridgehead atoms. The maximum atomic E-state index is 11.6. The first kappa shape index (κ1) is 15.4. The van der Waals surface area contributed by atoms with Crippen LogP contribution in [0.1, 0.15) is 20.8 Å². The second-order valence-electron chi connectivity index (χ2n) is 4.05. The fourth-order valence-corrected chi connectivity index (χ4v) is 1.01. The lowest BCUT2D eigenvalue weighted by Gasteiger charge is -2.16. The van der Waals surface area contributed by atoms with Crippen LogP contribution < -0.4 is 16.0 Å². The number of carbonyl (C=O) groups is 2. The molecule has 5 heteroatoms. The Hall–Kier alpha value is -1.62. The smallest absolute Gasteiger partial charge is 0.249 e. The topological polar surface area (TPSA) is 70.2 Å². The summed E-state index contributed by atoms with van der Waals surface area (Å²) >= 11 is 0. The SMILES string of the molecule is C=CC(=O)NC(C)NC(=O)C(=C)CNC(C)C. The van der Waals surface area contributed by atoms with Gasteiger partial charge in [0.15, 0.2) is 0 Å². The Labute approximate surface area is 102 Å². The number of hydrogen-bond donors (Lipinski definition) is 3. The van der Waals surface area contributed by atoms with Gasteiger partial charge in [-0.2, -0.15) is 0 Å².